The summed E-state index contributed by atoms with van der Waals surface area (Å²) in [6, 6.07) is 4.05. The first-order chi connectivity index (χ1) is 15.4. The summed E-state index contributed by atoms with van der Waals surface area (Å²) in [6.07, 6.45) is 7.16. The highest BCUT2D eigenvalue weighted by molar-refractivity contribution is 5.75. The smallest absolute Gasteiger partial charge is 0.220 e. The molecule has 0 aliphatic carbocycles. The maximum absolute atomic E-state index is 13.6. The van der Waals surface area contributed by atoms with Crippen molar-refractivity contribution in [1.82, 2.24) is 29.1 Å². The SMILES string of the molecule is CC(=O)N1CCn2c(-c3cnn(C)c3)cnc2C12CCN(Cc1ccc(F)c(F)c1)CC2. The van der Waals surface area contributed by atoms with E-state index in [1.165, 1.54) is 12.1 Å². The standard InChI is InChI=1S/C23H26F2N6O/c1-16(32)31-10-9-30-21(18-12-27-28(2)15-18)13-26-22(30)23(31)5-7-29(8-6-23)14-17-3-4-19(24)20(25)11-17/h3-4,11-13,15H,5-10,14H2,1-2H3. The third kappa shape index (κ3) is 3.40. The van der Waals surface area contributed by atoms with E-state index in [1.807, 2.05) is 30.5 Å². The molecule has 9 heteroatoms. The molecule has 1 amide bonds. The van der Waals surface area contributed by atoms with Crippen molar-refractivity contribution in [3.8, 4) is 11.3 Å². The lowest BCUT2D eigenvalue weighted by Gasteiger charge is -2.50. The summed E-state index contributed by atoms with van der Waals surface area (Å²) in [5.74, 6) is -0.681. The van der Waals surface area contributed by atoms with Crippen LogP contribution in [0, 0.1) is 11.6 Å². The fourth-order valence-electron chi connectivity index (χ4n) is 5.22. The van der Waals surface area contributed by atoms with E-state index in [4.69, 9.17) is 4.98 Å². The van der Waals surface area contributed by atoms with Gasteiger partial charge in [-0.1, -0.05) is 6.07 Å². The van der Waals surface area contributed by atoms with Crippen molar-refractivity contribution >= 4 is 5.91 Å². The summed E-state index contributed by atoms with van der Waals surface area (Å²) in [4.78, 5) is 21.6. The van der Waals surface area contributed by atoms with E-state index in [2.05, 4.69) is 14.6 Å². The van der Waals surface area contributed by atoms with Crippen LogP contribution < -0.4 is 0 Å². The first kappa shape index (κ1) is 20.8. The second-order valence-electron chi connectivity index (χ2n) is 8.75. The minimum absolute atomic E-state index is 0.0521. The van der Waals surface area contributed by atoms with E-state index < -0.39 is 17.2 Å². The van der Waals surface area contributed by atoms with Crippen molar-refractivity contribution in [2.75, 3.05) is 19.6 Å². The van der Waals surface area contributed by atoms with E-state index >= 15 is 0 Å². The molecule has 0 unspecified atom stereocenters. The number of carbonyl (C=O) groups is 1. The van der Waals surface area contributed by atoms with Gasteiger partial charge in [0, 0.05) is 58.5 Å². The molecule has 2 aliphatic rings. The lowest BCUT2D eigenvalue weighted by atomic mass is 9.83. The van der Waals surface area contributed by atoms with Crippen molar-refractivity contribution < 1.29 is 13.6 Å². The van der Waals surface area contributed by atoms with Gasteiger partial charge in [0.2, 0.25) is 5.91 Å². The molecule has 2 aromatic heterocycles. The Morgan fingerprint density at radius 1 is 1.09 bits per heavy atom. The summed E-state index contributed by atoms with van der Waals surface area (Å²) < 4.78 is 30.9. The minimum atomic E-state index is -0.832. The summed E-state index contributed by atoms with van der Waals surface area (Å²) in [5.41, 5.74) is 2.30. The summed E-state index contributed by atoms with van der Waals surface area (Å²) >= 11 is 0. The van der Waals surface area contributed by atoms with Crippen LogP contribution >= 0.6 is 0 Å². The van der Waals surface area contributed by atoms with E-state index in [-0.39, 0.29) is 5.91 Å². The molecule has 1 fully saturated rings. The molecule has 1 spiro atoms. The number of hydrogen-bond donors (Lipinski definition) is 0. The number of piperidine rings is 1. The lowest BCUT2D eigenvalue weighted by Crippen LogP contribution is -2.59. The number of fused-ring (bicyclic) bond motifs is 2. The minimum Gasteiger partial charge on any atom is -0.328 e. The van der Waals surface area contributed by atoms with E-state index in [0.717, 1.165) is 48.6 Å². The van der Waals surface area contributed by atoms with Gasteiger partial charge < -0.3 is 9.47 Å². The Bertz CT molecular complexity index is 1160. The van der Waals surface area contributed by atoms with Crippen LogP contribution in [0.25, 0.3) is 11.3 Å². The predicted molar refractivity (Wildman–Crippen MR) is 114 cm³/mol. The van der Waals surface area contributed by atoms with Crippen LogP contribution in [0.5, 0.6) is 0 Å². The summed E-state index contributed by atoms with van der Waals surface area (Å²) in [7, 11) is 1.89. The molecule has 1 saturated heterocycles. The van der Waals surface area contributed by atoms with E-state index in [9.17, 15) is 13.6 Å². The van der Waals surface area contributed by atoms with Gasteiger partial charge in [0.15, 0.2) is 11.6 Å². The number of carbonyl (C=O) groups excluding carboxylic acids is 1. The van der Waals surface area contributed by atoms with Gasteiger partial charge in [-0.3, -0.25) is 14.4 Å². The summed E-state index contributed by atoms with van der Waals surface area (Å²) in [5, 5.41) is 4.28. The average molecular weight is 440 g/mol. The Morgan fingerprint density at radius 3 is 2.53 bits per heavy atom. The molecular weight excluding hydrogens is 414 g/mol. The second kappa shape index (κ2) is 7.81. The molecule has 0 N–H and O–H groups in total. The number of amides is 1. The molecule has 32 heavy (non-hydrogen) atoms. The Hall–Kier alpha value is -3.07. The zero-order valence-corrected chi connectivity index (χ0v) is 18.3. The third-order valence-electron chi connectivity index (χ3n) is 6.79. The average Bonchev–Trinajstić information content (AvgIpc) is 3.39. The molecule has 0 bridgehead atoms. The number of aromatic nitrogens is 4. The van der Waals surface area contributed by atoms with Gasteiger partial charge in [-0.05, 0) is 30.5 Å². The molecule has 0 saturated carbocycles. The van der Waals surface area contributed by atoms with Gasteiger partial charge in [0.05, 0.1) is 18.1 Å². The number of aryl methyl sites for hydroxylation is 1. The van der Waals surface area contributed by atoms with E-state index in [1.54, 1.807) is 17.7 Å². The zero-order chi connectivity index (χ0) is 22.5. The van der Waals surface area contributed by atoms with Crippen LogP contribution in [0.4, 0.5) is 8.78 Å². The number of nitrogens with zero attached hydrogens (tertiary/aromatic N) is 6. The Balaban J connectivity index is 1.42. The Labute approximate surface area is 185 Å². The van der Waals surface area contributed by atoms with Crippen LogP contribution in [0.2, 0.25) is 0 Å². The van der Waals surface area contributed by atoms with Crippen LogP contribution in [-0.2, 0) is 30.5 Å². The number of likely N-dealkylation sites (tertiary alicyclic amines) is 1. The van der Waals surface area contributed by atoms with Crippen molar-refractivity contribution in [3.63, 3.8) is 0 Å². The Morgan fingerprint density at radius 2 is 1.88 bits per heavy atom. The molecule has 168 valence electrons. The molecule has 1 aromatic carbocycles. The molecule has 0 atom stereocenters. The number of hydrogen-bond acceptors (Lipinski definition) is 4. The number of benzene rings is 1. The largest absolute Gasteiger partial charge is 0.328 e. The predicted octanol–water partition coefficient (Wildman–Crippen LogP) is 2.92. The molecule has 7 nitrogen and oxygen atoms in total. The first-order valence-corrected chi connectivity index (χ1v) is 10.9. The van der Waals surface area contributed by atoms with Crippen LogP contribution in [-0.4, -0.2) is 54.7 Å². The third-order valence-corrected chi connectivity index (χ3v) is 6.79. The fraction of sp³-hybridized carbons (Fsp3) is 0.435. The fourth-order valence-corrected chi connectivity index (χ4v) is 5.22. The quantitative estimate of drug-likeness (QED) is 0.629. The maximum atomic E-state index is 13.6. The van der Waals surface area contributed by atoms with Gasteiger partial charge in [-0.15, -0.1) is 0 Å². The molecule has 5 rings (SSSR count). The molecule has 3 aromatic rings. The van der Waals surface area contributed by atoms with Crippen LogP contribution in [0.1, 0.15) is 31.2 Å². The van der Waals surface area contributed by atoms with Crippen LogP contribution in [0.3, 0.4) is 0 Å². The lowest BCUT2D eigenvalue weighted by molar-refractivity contribution is -0.141. The monoisotopic (exact) mass is 440 g/mol. The van der Waals surface area contributed by atoms with Gasteiger partial charge >= 0.3 is 0 Å². The topological polar surface area (TPSA) is 59.2 Å². The summed E-state index contributed by atoms with van der Waals surface area (Å²) in [6.45, 7) is 4.96. The first-order valence-electron chi connectivity index (χ1n) is 10.9. The molecule has 2 aliphatic heterocycles. The van der Waals surface area contributed by atoms with Gasteiger partial charge in [0.25, 0.3) is 0 Å². The molecular formula is C23H26F2N6O. The van der Waals surface area contributed by atoms with Crippen molar-refractivity contribution in [3.05, 3.63) is 59.8 Å². The normalized spacial score (nSPS) is 18.2. The highest BCUT2D eigenvalue weighted by Crippen LogP contribution is 2.42. The van der Waals surface area contributed by atoms with Gasteiger partial charge in [-0.2, -0.15) is 5.10 Å². The van der Waals surface area contributed by atoms with Gasteiger partial charge in [-0.25, -0.2) is 13.8 Å². The van der Waals surface area contributed by atoms with Crippen molar-refractivity contribution in [1.29, 1.82) is 0 Å². The molecule has 0 radical (unpaired) electrons. The van der Waals surface area contributed by atoms with Crippen molar-refractivity contribution in [2.45, 2.75) is 38.4 Å². The zero-order valence-electron chi connectivity index (χ0n) is 18.3. The van der Waals surface area contributed by atoms with E-state index in [0.29, 0.717) is 19.6 Å². The number of halogens is 2. The highest BCUT2D eigenvalue weighted by Gasteiger charge is 2.48. The Kier molecular flexibility index (Phi) is 5.08. The maximum Gasteiger partial charge on any atom is 0.220 e. The number of imidazole rings is 1. The van der Waals surface area contributed by atoms with Crippen LogP contribution in [0.15, 0.2) is 36.8 Å². The highest BCUT2D eigenvalue weighted by atomic mass is 19.2. The van der Waals surface area contributed by atoms with Gasteiger partial charge in [0.1, 0.15) is 11.4 Å². The molecule has 4 heterocycles. The second-order valence-corrected chi connectivity index (χ2v) is 8.75. The van der Waals surface area contributed by atoms with Crippen molar-refractivity contribution in [2.24, 2.45) is 7.05 Å². The number of rotatable bonds is 3.